The van der Waals surface area contributed by atoms with Crippen molar-refractivity contribution < 1.29 is 0 Å². The Morgan fingerprint density at radius 3 is 1.25 bits per heavy atom. The molecule has 4 aromatic carbocycles. The molecule has 0 aliphatic carbocycles. The molecule has 0 amide bonds. The summed E-state index contributed by atoms with van der Waals surface area (Å²) in [6.07, 6.45) is 0. The van der Waals surface area contributed by atoms with Crippen molar-refractivity contribution in [1.29, 1.82) is 0 Å². The molecular weight excluding hydrogens is 435 g/mol. The number of benzene rings is 4. The highest BCUT2D eigenvalue weighted by Crippen LogP contribution is 2.30. The van der Waals surface area contributed by atoms with Crippen LogP contribution in [0.15, 0.2) is 107 Å². The van der Waals surface area contributed by atoms with E-state index in [4.69, 9.17) is 33.2 Å². The van der Waals surface area contributed by atoms with Gasteiger partial charge in [-0.25, -0.2) is 9.98 Å². The normalized spacial score (nSPS) is 12.1. The van der Waals surface area contributed by atoms with E-state index in [1.807, 2.05) is 111 Å². The third-order valence-electron chi connectivity index (χ3n) is 4.99. The molecule has 0 aromatic heterocycles. The van der Waals surface area contributed by atoms with Crippen LogP contribution in [-0.2, 0) is 0 Å². The lowest BCUT2D eigenvalue weighted by Crippen LogP contribution is -2.17. The summed E-state index contributed by atoms with van der Waals surface area (Å²) in [4.78, 5) is 10.0. The van der Waals surface area contributed by atoms with Gasteiger partial charge in [0.05, 0.1) is 32.8 Å². The highest BCUT2D eigenvalue weighted by molar-refractivity contribution is 6.54. The van der Waals surface area contributed by atoms with Crippen molar-refractivity contribution >= 4 is 46.0 Å². The third-order valence-corrected chi connectivity index (χ3v) is 5.60. The summed E-state index contributed by atoms with van der Waals surface area (Å²) in [5.74, 6) is 0. The summed E-state index contributed by atoms with van der Waals surface area (Å²) in [6, 6.07) is 31.7. The van der Waals surface area contributed by atoms with Crippen LogP contribution in [0.5, 0.6) is 0 Å². The van der Waals surface area contributed by atoms with Gasteiger partial charge in [-0.3, -0.25) is 0 Å². The first-order chi connectivity index (χ1) is 15.5. The fourth-order valence-electron chi connectivity index (χ4n) is 3.35. The Bertz CT molecular complexity index is 1190. The lowest BCUT2D eigenvalue weighted by Gasteiger charge is -2.13. The van der Waals surface area contributed by atoms with Gasteiger partial charge in [0.1, 0.15) is 0 Å². The molecule has 2 nitrogen and oxygen atoms in total. The molecule has 0 aliphatic rings. The van der Waals surface area contributed by atoms with Gasteiger partial charge in [0.15, 0.2) is 0 Å². The van der Waals surface area contributed by atoms with Crippen LogP contribution in [0.25, 0.3) is 0 Å². The number of nitrogens with zero attached hydrogens (tertiary/aromatic N) is 2. The molecule has 0 fully saturated rings. The number of halogens is 2. The van der Waals surface area contributed by atoms with E-state index in [0.29, 0.717) is 21.4 Å². The Kier molecular flexibility index (Phi) is 6.84. The van der Waals surface area contributed by atoms with E-state index in [9.17, 15) is 0 Å². The number of aliphatic imine (C=N–C) groups is 2. The van der Waals surface area contributed by atoms with Crippen LogP contribution in [0.1, 0.15) is 22.3 Å². The van der Waals surface area contributed by atoms with Crippen LogP contribution in [0, 0.1) is 13.8 Å². The quantitative estimate of drug-likeness (QED) is 0.268. The molecule has 4 aromatic rings. The van der Waals surface area contributed by atoms with Crippen molar-refractivity contribution in [3.05, 3.63) is 129 Å². The van der Waals surface area contributed by atoms with Gasteiger partial charge >= 0.3 is 0 Å². The maximum Gasteiger partial charge on any atom is 0.0972 e. The molecule has 0 atom stereocenters. The van der Waals surface area contributed by atoms with Crippen LogP contribution in [-0.4, -0.2) is 11.4 Å². The molecule has 0 heterocycles. The van der Waals surface area contributed by atoms with Gasteiger partial charge in [0, 0.05) is 11.1 Å². The Morgan fingerprint density at radius 1 is 0.531 bits per heavy atom. The van der Waals surface area contributed by atoms with Gasteiger partial charge in [0.25, 0.3) is 0 Å². The maximum atomic E-state index is 6.55. The zero-order valence-electron chi connectivity index (χ0n) is 17.9. The van der Waals surface area contributed by atoms with E-state index in [0.717, 1.165) is 33.7 Å². The van der Waals surface area contributed by atoms with Gasteiger partial charge in [-0.15, -0.1) is 0 Å². The molecule has 0 spiro atoms. The molecule has 0 aliphatic heterocycles. The number of hydrogen-bond donors (Lipinski definition) is 0. The van der Waals surface area contributed by atoms with Crippen LogP contribution in [0.4, 0.5) is 11.4 Å². The molecule has 158 valence electrons. The summed E-state index contributed by atoms with van der Waals surface area (Å²) in [7, 11) is 0. The predicted octanol–water partition coefficient (Wildman–Crippen LogP) is 8.55. The van der Waals surface area contributed by atoms with Gasteiger partial charge in [-0.05, 0) is 49.2 Å². The second-order valence-corrected chi connectivity index (χ2v) is 8.38. The molecule has 0 N–H and O–H groups in total. The van der Waals surface area contributed by atoms with E-state index in [1.165, 1.54) is 0 Å². The Balaban J connectivity index is 1.99. The largest absolute Gasteiger partial charge is 0.245 e. The monoisotopic (exact) mass is 456 g/mol. The van der Waals surface area contributed by atoms with E-state index in [-0.39, 0.29) is 0 Å². The zero-order chi connectivity index (χ0) is 22.5. The lowest BCUT2D eigenvalue weighted by molar-refractivity contribution is 1.42. The fourth-order valence-corrected chi connectivity index (χ4v) is 3.90. The molecule has 0 unspecified atom stereocenters. The number of aryl methyl sites for hydroxylation is 2. The highest BCUT2D eigenvalue weighted by Gasteiger charge is 2.16. The van der Waals surface area contributed by atoms with Crippen LogP contribution < -0.4 is 0 Å². The van der Waals surface area contributed by atoms with Crippen molar-refractivity contribution in [2.24, 2.45) is 9.98 Å². The highest BCUT2D eigenvalue weighted by atomic mass is 35.5. The van der Waals surface area contributed by atoms with Crippen molar-refractivity contribution in [3.63, 3.8) is 0 Å². The average Bonchev–Trinajstić information content (AvgIpc) is 2.80. The van der Waals surface area contributed by atoms with Gasteiger partial charge < -0.3 is 0 Å². The molecular formula is C28H22Cl2N2. The van der Waals surface area contributed by atoms with Gasteiger partial charge in [-0.1, -0.05) is 96.0 Å². The standard InChI is InChI=1S/C28H22Cl2N2/c1-19-13-15-25(23(29)17-19)31-27(21-9-5-3-6-10-21)28(22-11-7-4-8-12-22)32-26-16-14-20(2)18-24(26)30/h3-18H,1-2H3/b31-27+,32-28+. The minimum Gasteiger partial charge on any atom is -0.245 e. The van der Waals surface area contributed by atoms with Gasteiger partial charge in [0.2, 0.25) is 0 Å². The summed E-state index contributed by atoms with van der Waals surface area (Å²) >= 11 is 13.1. The van der Waals surface area contributed by atoms with Crippen molar-refractivity contribution in [2.45, 2.75) is 13.8 Å². The molecule has 0 saturated carbocycles. The van der Waals surface area contributed by atoms with E-state index >= 15 is 0 Å². The predicted molar refractivity (Wildman–Crippen MR) is 138 cm³/mol. The third kappa shape index (κ3) is 5.16. The maximum absolute atomic E-state index is 6.55. The lowest BCUT2D eigenvalue weighted by atomic mass is 9.99. The second kappa shape index (κ2) is 9.95. The van der Waals surface area contributed by atoms with E-state index in [2.05, 4.69) is 0 Å². The van der Waals surface area contributed by atoms with Crippen molar-refractivity contribution in [3.8, 4) is 0 Å². The first-order valence-electron chi connectivity index (χ1n) is 10.3. The molecule has 0 bridgehead atoms. The summed E-state index contributed by atoms with van der Waals surface area (Å²) < 4.78 is 0. The number of hydrogen-bond acceptors (Lipinski definition) is 2. The molecule has 32 heavy (non-hydrogen) atoms. The van der Waals surface area contributed by atoms with Crippen LogP contribution in [0.2, 0.25) is 10.0 Å². The van der Waals surface area contributed by atoms with E-state index < -0.39 is 0 Å². The van der Waals surface area contributed by atoms with E-state index in [1.54, 1.807) is 0 Å². The van der Waals surface area contributed by atoms with Crippen LogP contribution >= 0.6 is 23.2 Å². The van der Waals surface area contributed by atoms with Gasteiger partial charge in [-0.2, -0.15) is 0 Å². The zero-order valence-corrected chi connectivity index (χ0v) is 19.4. The van der Waals surface area contributed by atoms with Crippen molar-refractivity contribution in [1.82, 2.24) is 0 Å². The van der Waals surface area contributed by atoms with Crippen molar-refractivity contribution in [2.75, 3.05) is 0 Å². The smallest absolute Gasteiger partial charge is 0.0972 e. The Morgan fingerprint density at radius 2 is 0.906 bits per heavy atom. The summed E-state index contributed by atoms with van der Waals surface area (Å²) in [6.45, 7) is 4.02. The molecule has 0 saturated heterocycles. The second-order valence-electron chi connectivity index (χ2n) is 7.56. The molecule has 4 heteroatoms. The Labute approximate surface area is 198 Å². The average molecular weight is 457 g/mol. The number of rotatable bonds is 5. The summed E-state index contributed by atoms with van der Waals surface area (Å²) in [5, 5.41) is 1.19. The molecule has 4 rings (SSSR count). The SMILES string of the molecule is Cc1ccc(/N=C(/C(=N/c2ccc(C)cc2Cl)c2ccccc2)c2ccccc2)c(Cl)c1. The Hall–Kier alpha value is -3.20. The minimum absolute atomic E-state index is 0.596. The first-order valence-corrected chi connectivity index (χ1v) is 11.1. The first kappa shape index (κ1) is 22.0. The molecule has 0 radical (unpaired) electrons. The topological polar surface area (TPSA) is 24.7 Å². The van der Waals surface area contributed by atoms with Crippen LogP contribution in [0.3, 0.4) is 0 Å². The minimum atomic E-state index is 0.596. The fraction of sp³-hybridized carbons (Fsp3) is 0.0714. The summed E-state index contributed by atoms with van der Waals surface area (Å²) in [5.41, 5.74) is 6.87.